The van der Waals surface area contributed by atoms with Crippen LogP contribution in [-0.2, 0) is 0 Å². The highest BCUT2D eigenvalue weighted by molar-refractivity contribution is 6.01. The van der Waals surface area contributed by atoms with Gasteiger partial charge in [0, 0.05) is 47.9 Å². The van der Waals surface area contributed by atoms with Gasteiger partial charge in [-0.1, -0.05) is 19.9 Å². The molecule has 8 nitrogen and oxygen atoms in total. The van der Waals surface area contributed by atoms with E-state index in [0.29, 0.717) is 37.3 Å². The second-order valence-corrected chi connectivity index (χ2v) is 7.98. The van der Waals surface area contributed by atoms with Gasteiger partial charge >= 0.3 is 0 Å². The first kappa shape index (κ1) is 23.2. The number of nitrogens with zero attached hydrogens (tertiary/aromatic N) is 6. The smallest absolute Gasteiger partial charge is 0.254 e. The lowest BCUT2D eigenvalue weighted by Gasteiger charge is -2.29. The highest BCUT2D eigenvalue weighted by Gasteiger charge is 2.26. The Labute approximate surface area is 189 Å². The topological polar surface area (TPSA) is 103 Å². The Bertz CT molecular complexity index is 1100. The normalized spacial score (nSPS) is 14.1. The minimum Gasteiger partial charge on any atom is -0.339 e. The molecule has 1 fully saturated rings. The molecule has 1 aromatic carbocycles. The molecule has 0 atom stereocenters. The maximum Gasteiger partial charge on any atom is 0.254 e. The lowest BCUT2D eigenvalue weighted by Crippen LogP contribution is -2.38. The third-order valence-electron chi connectivity index (χ3n) is 5.48. The van der Waals surface area contributed by atoms with Crippen molar-refractivity contribution in [2.45, 2.75) is 53.5 Å². The molecule has 0 radical (unpaired) electrons. The fourth-order valence-corrected chi connectivity index (χ4v) is 3.70. The van der Waals surface area contributed by atoms with Crippen LogP contribution < -0.4 is 0 Å². The molecule has 1 N–H and O–H groups in total. The Kier molecular flexibility index (Phi) is 7.41. The molecule has 0 bridgehead atoms. The summed E-state index contributed by atoms with van der Waals surface area (Å²) < 4.78 is 1.88. The van der Waals surface area contributed by atoms with E-state index in [0.717, 1.165) is 22.6 Å². The molecule has 32 heavy (non-hydrogen) atoms. The number of aromatic amines is 1. The summed E-state index contributed by atoms with van der Waals surface area (Å²) in [5.41, 5.74) is 2.94. The number of carbonyl (C=O) groups excluding carboxylic acids is 1. The second kappa shape index (κ2) is 10.2. The van der Waals surface area contributed by atoms with Crippen molar-refractivity contribution in [2.75, 3.05) is 13.1 Å². The van der Waals surface area contributed by atoms with Gasteiger partial charge in [0.2, 0.25) is 0 Å². The summed E-state index contributed by atoms with van der Waals surface area (Å²) in [4.78, 5) is 19.6. The number of carbonyl (C=O) groups is 1. The number of nitrogens with one attached hydrogen (secondary N) is 1. The van der Waals surface area contributed by atoms with E-state index in [1.54, 1.807) is 0 Å². The minimum atomic E-state index is -0.0294. The van der Waals surface area contributed by atoms with Crippen molar-refractivity contribution in [3.8, 4) is 28.7 Å². The zero-order valence-electron chi connectivity index (χ0n) is 19.5. The third kappa shape index (κ3) is 4.88. The van der Waals surface area contributed by atoms with Crippen molar-refractivity contribution < 1.29 is 4.79 Å². The van der Waals surface area contributed by atoms with Gasteiger partial charge in [0.1, 0.15) is 5.82 Å². The maximum atomic E-state index is 13.4. The number of hydrogen-bond acceptors (Lipinski definition) is 5. The largest absolute Gasteiger partial charge is 0.339 e. The first-order valence-corrected chi connectivity index (χ1v) is 11.2. The molecule has 1 aliphatic heterocycles. The second-order valence-electron chi connectivity index (χ2n) is 7.98. The lowest BCUT2D eigenvalue weighted by atomic mass is 9.96. The van der Waals surface area contributed by atoms with Gasteiger partial charge in [0.25, 0.3) is 5.91 Å². The van der Waals surface area contributed by atoms with Crippen LogP contribution in [0.15, 0.2) is 30.5 Å². The van der Waals surface area contributed by atoms with Gasteiger partial charge in [0.15, 0.2) is 5.82 Å². The van der Waals surface area contributed by atoms with Gasteiger partial charge in [-0.05, 0) is 51.8 Å². The summed E-state index contributed by atoms with van der Waals surface area (Å²) in [7, 11) is 0. The first-order chi connectivity index (χ1) is 15.5. The molecular weight excluding hydrogens is 402 g/mol. The van der Waals surface area contributed by atoms with Crippen molar-refractivity contribution in [3.63, 3.8) is 0 Å². The number of amides is 1. The Balaban J connectivity index is 0.00000141. The van der Waals surface area contributed by atoms with Gasteiger partial charge in [-0.3, -0.25) is 14.6 Å². The third-order valence-corrected chi connectivity index (χ3v) is 5.48. The van der Waals surface area contributed by atoms with Crippen LogP contribution in [0.1, 0.15) is 62.8 Å². The van der Waals surface area contributed by atoms with Crippen molar-refractivity contribution in [3.05, 3.63) is 41.9 Å². The van der Waals surface area contributed by atoms with Crippen LogP contribution in [0.25, 0.3) is 22.6 Å². The van der Waals surface area contributed by atoms with E-state index >= 15 is 0 Å². The summed E-state index contributed by atoms with van der Waals surface area (Å²) in [5, 5.41) is 20.9. The summed E-state index contributed by atoms with van der Waals surface area (Å²) in [6.07, 6.45) is 3.36. The van der Waals surface area contributed by atoms with E-state index in [9.17, 15) is 4.79 Å². The average Bonchev–Trinajstić information content (AvgIpc) is 3.49. The predicted molar refractivity (Wildman–Crippen MR) is 124 cm³/mol. The number of benzene rings is 1. The number of aromatic nitrogens is 5. The zero-order chi connectivity index (χ0) is 23.3. The van der Waals surface area contributed by atoms with Gasteiger partial charge in [-0.2, -0.15) is 15.5 Å². The van der Waals surface area contributed by atoms with E-state index < -0.39 is 0 Å². The van der Waals surface area contributed by atoms with Crippen LogP contribution >= 0.6 is 0 Å². The number of likely N-dealkylation sites (tertiary alicyclic amines) is 1. The molecule has 1 saturated heterocycles. The molecule has 2 aromatic heterocycles. The van der Waals surface area contributed by atoms with Gasteiger partial charge in [0.05, 0.1) is 11.8 Å². The molecule has 1 amide bonds. The van der Waals surface area contributed by atoms with Crippen molar-refractivity contribution in [1.29, 1.82) is 5.26 Å². The fourth-order valence-electron chi connectivity index (χ4n) is 3.70. The van der Waals surface area contributed by atoms with Crippen LogP contribution in [-0.4, -0.2) is 48.9 Å². The van der Waals surface area contributed by atoms with Crippen LogP contribution in [0.5, 0.6) is 0 Å². The predicted octanol–water partition coefficient (Wildman–Crippen LogP) is 4.63. The van der Waals surface area contributed by atoms with Crippen LogP contribution in [0.4, 0.5) is 0 Å². The van der Waals surface area contributed by atoms with Crippen molar-refractivity contribution in [1.82, 2.24) is 29.9 Å². The van der Waals surface area contributed by atoms with E-state index in [4.69, 9.17) is 5.26 Å². The van der Waals surface area contributed by atoms with E-state index in [-0.39, 0.29) is 17.9 Å². The molecule has 0 saturated carbocycles. The Morgan fingerprint density at radius 2 is 1.94 bits per heavy atom. The molecule has 3 heterocycles. The molecular formula is C24H31N7O. The van der Waals surface area contributed by atoms with Gasteiger partial charge in [-0.15, -0.1) is 0 Å². The molecule has 4 rings (SSSR count). The first-order valence-electron chi connectivity index (χ1n) is 11.2. The molecule has 3 aromatic rings. The molecule has 0 spiro atoms. The summed E-state index contributed by atoms with van der Waals surface area (Å²) in [6.45, 7) is 11.2. The monoisotopic (exact) mass is 433 g/mol. The lowest BCUT2D eigenvalue weighted by molar-refractivity contribution is 0.0708. The standard InChI is InChI=1S/C22H25N7O.C2H6/c1-14(2)29-11-8-20(27-29)19-12-17(21-24-15(3)25-26-21)4-5-18(19)22(30)28-9-6-16(13-23)7-10-28;1-2/h4-5,8,11-12,14,16H,6-7,9-10H2,1-3H3,(H,24,25,26);1-2H3. The van der Waals surface area contributed by atoms with Gasteiger partial charge < -0.3 is 4.90 Å². The number of H-pyrrole nitrogens is 1. The highest BCUT2D eigenvalue weighted by atomic mass is 16.2. The van der Waals surface area contributed by atoms with Crippen LogP contribution in [0, 0.1) is 24.2 Å². The van der Waals surface area contributed by atoms with Crippen molar-refractivity contribution >= 4 is 5.91 Å². The minimum absolute atomic E-state index is 0.0294. The van der Waals surface area contributed by atoms with Crippen LogP contribution in [0.3, 0.4) is 0 Å². The number of rotatable bonds is 4. The number of nitriles is 1. The Morgan fingerprint density at radius 3 is 2.50 bits per heavy atom. The molecule has 168 valence electrons. The fraction of sp³-hybridized carbons (Fsp3) is 0.458. The zero-order valence-corrected chi connectivity index (χ0v) is 19.5. The number of aryl methyl sites for hydroxylation is 1. The average molecular weight is 434 g/mol. The van der Waals surface area contributed by atoms with Crippen LogP contribution in [0.2, 0.25) is 0 Å². The molecule has 8 heteroatoms. The summed E-state index contributed by atoms with van der Waals surface area (Å²) in [6, 6.07) is 10.1. The Hall–Kier alpha value is -3.47. The molecule has 0 aliphatic carbocycles. The van der Waals surface area contributed by atoms with E-state index in [1.807, 2.05) is 60.8 Å². The highest BCUT2D eigenvalue weighted by Crippen LogP contribution is 2.30. The summed E-state index contributed by atoms with van der Waals surface area (Å²) in [5.74, 6) is 1.33. The summed E-state index contributed by atoms with van der Waals surface area (Å²) >= 11 is 0. The van der Waals surface area contributed by atoms with E-state index in [2.05, 4.69) is 40.2 Å². The SMILES string of the molecule is CC.Cc1nc(-c2ccc(C(=O)N3CCC(C#N)CC3)c(-c3ccn(C(C)C)n3)c2)n[nH]1. The molecule has 1 aliphatic rings. The van der Waals surface area contributed by atoms with Gasteiger partial charge in [-0.25, -0.2) is 4.98 Å². The number of hydrogen-bond donors (Lipinski definition) is 1. The quantitative estimate of drug-likeness (QED) is 0.646. The number of piperidine rings is 1. The van der Waals surface area contributed by atoms with E-state index in [1.165, 1.54) is 0 Å². The maximum absolute atomic E-state index is 13.4. The molecule has 0 unspecified atom stereocenters. The van der Waals surface area contributed by atoms with Crippen molar-refractivity contribution in [2.24, 2.45) is 5.92 Å². The Morgan fingerprint density at radius 1 is 1.22 bits per heavy atom.